The molecule has 0 aliphatic rings. The maximum Gasteiger partial charge on any atom is 0.0667 e. The van der Waals surface area contributed by atoms with E-state index in [0.717, 1.165) is 64.5 Å². The van der Waals surface area contributed by atoms with Crippen LogP contribution >= 0.6 is 0 Å². The molecule has 4 N–H and O–H groups in total. The van der Waals surface area contributed by atoms with Crippen LogP contribution in [0.15, 0.2) is 0 Å². The number of hydrogen-bond acceptors (Lipinski definition) is 6. The van der Waals surface area contributed by atoms with Crippen LogP contribution in [0.2, 0.25) is 0 Å². The summed E-state index contributed by atoms with van der Waals surface area (Å²) in [6.45, 7) is 12.9. The lowest BCUT2D eigenvalue weighted by Gasteiger charge is -2.32. The van der Waals surface area contributed by atoms with Gasteiger partial charge >= 0.3 is 0 Å². The zero-order valence-electron chi connectivity index (χ0n) is 38.7. The van der Waals surface area contributed by atoms with E-state index in [4.69, 9.17) is 0 Å². The predicted octanol–water partition coefficient (Wildman–Crippen LogP) is 13.2. The Morgan fingerprint density at radius 1 is 0.250 bits per heavy atom. The van der Waals surface area contributed by atoms with Crippen LogP contribution in [0, 0.1) is 0 Å². The summed E-state index contributed by atoms with van der Waals surface area (Å²) in [5, 5.41) is 44.7. The summed E-state index contributed by atoms with van der Waals surface area (Å²) in [6, 6.07) is 0. The first-order valence-electron chi connectivity index (χ1n) is 25.5. The van der Waals surface area contributed by atoms with Crippen molar-refractivity contribution < 1.29 is 20.4 Å². The summed E-state index contributed by atoms with van der Waals surface area (Å²) < 4.78 is 0. The molecular weight excluding hydrogens is 693 g/mol. The van der Waals surface area contributed by atoms with Crippen LogP contribution < -0.4 is 0 Å². The fourth-order valence-corrected chi connectivity index (χ4v) is 8.41. The van der Waals surface area contributed by atoms with Gasteiger partial charge in [0.1, 0.15) is 0 Å². The van der Waals surface area contributed by atoms with Gasteiger partial charge in [-0.05, 0) is 25.7 Å². The molecule has 338 valence electrons. The number of rotatable bonds is 47. The lowest BCUT2D eigenvalue weighted by atomic mass is 10.0. The molecule has 0 aliphatic carbocycles. The number of aliphatic hydroxyl groups is 4. The quantitative estimate of drug-likeness (QED) is 0.0459. The monoisotopic (exact) mass is 797 g/mol. The fraction of sp³-hybridized carbons (Fsp3) is 1.00. The van der Waals surface area contributed by atoms with Crippen molar-refractivity contribution in [3.05, 3.63) is 0 Å². The minimum Gasteiger partial charge on any atom is -0.392 e. The zero-order valence-corrected chi connectivity index (χ0v) is 38.7. The molecule has 0 aromatic heterocycles. The molecule has 4 unspecified atom stereocenters. The predicted molar refractivity (Wildman–Crippen MR) is 246 cm³/mol. The molecule has 4 atom stereocenters. The summed E-state index contributed by atoms with van der Waals surface area (Å²) in [6.07, 6.45) is 42.2. The largest absolute Gasteiger partial charge is 0.392 e. The van der Waals surface area contributed by atoms with Crippen molar-refractivity contribution in [3.63, 3.8) is 0 Å². The molecule has 0 radical (unpaired) electrons. The van der Waals surface area contributed by atoms with Gasteiger partial charge in [0.2, 0.25) is 0 Å². The lowest BCUT2D eigenvalue weighted by molar-refractivity contribution is 0.0345. The van der Waals surface area contributed by atoms with Crippen molar-refractivity contribution in [3.8, 4) is 0 Å². The molecule has 0 aliphatic heterocycles. The number of nitrogens with zero attached hydrogens (tertiary/aromatic N) is 2. The lowest BCUT2D eigenvalue weighted by Crippen LogP contribution is -2.45. The molecule has 0 spiro atoms. The normalized spacial score (nSPS) is 14.2. The van der Waals surface area contributed by atoms with Crippen molar-refractivity contribution in [1.29, 1.82) is 0 Å². The van der Waals surface area contributed by atoms with Gasteiger partial charge in [-0.25, -0.2) is 0 Å². The van der Waals surface area contributed by atoms with Crippen molar-refractivity contribution >= 4 is 0 Å². The number of aliphatic hydroxyl groups excluding tert-OH is 4. The standard InChI is InChI=1S/C50H104N2O4/c1-5-9-13-17-21-25-29-33-37-47(53)43-51(44-48(54)38-34-30-26-22-18-14-10-6-2)41-42-52(45-49(55)39-35-31-27-23-19-15-11-7-3)46-50(56)40-36-32-28-24-20-16-12-8-4/h47-50,53-56H,5-46H2,1-4H3. The van der Waals surface area contributed by atoms with E-state index in [2.05, 4.69) is 37.5 Å². The van der Waals surface area contributed by atoms with Crippen molar-refractivity contribution in [2.75, 3.05) is 39.3 Å². The van der Waals surface area contributed by atoms with E-state index in [0.29, 0.717) is 26.2 Å². The average Bonchev–Trinajstić information content (AvgIpc) is 3.17. The van der Waals surface area contributed by atoms with E-state index in [1.54, 1.807) is 0 Å². The highest BCUT2D eigenvalue weighted by Crippen LogP contribution is 2.16. The Bertz CT molecular complexity index is 626. The van der Waals surface area contributed by atoms with Crippen LogP contribution in [-0.2, 0) is 0 Å². The number of hydrogen-bond donors (Lipinski definition) is 4. The Hall–Kier alpha value is -0.240. The molecule has 0 amide bonds. The van der Waals surface area contributed by atoms with Gasteiger partial charge in [0.15, 0.2) is 0 Å². The van der Waals surface area contributed by atoms with Gasteiger partial charge in [-0.3, -0.25) is 9.80 Å². The second-order valence-electron chi connectivity index (χ2n) is 18.2. The maximum atomic E-state index is 11.2. The topological polar surface area (TPSA) is 87.4 Å². The second kappa shape index (κ2) is 44.3. The summed E-state index contributed by atoms with van der Waals surface area (Å²) in [4.78, 5) is 4.57. The summed E-state index contributed by atoms with van der Waals surface area (Å²) in [7, 11) is 0. The van der Waals surface area contributed by atoms with Crippen molar-refractivity contribution in [2.45, 2.75) is 283 Å². The fourth-order valence-electron chi connectivity index (χ4n) is 8.41. The highest BCUT2D eigenvalue weighted by atomic mass is 16.3. The summed E-state index contributed by atoms with van der Waals surface area (Å²) in [5.74, 6) is 0. The minimum absolute atomic E-state index is 0.390. The Balaban J connectivity index is 5.22. The third-order valence-electron chi connectivity index (χ3n) is 12.2. The van der Waals surface area contributed by atoms with E-state index in [-0.39, 0.29) is 24.4 Å². The molecule has 6 nitrogen and oxygen atoms in total. The highest BCUT2D eigenvalue weighted by molar-refractivity contribution is 4.75. The third kappa shape index (κ3) is 40.5. The Morgan fingerprint density at radius 3 is 0.589 bits per heavy atom. The maximum absolute atomic E-state index is 11.2. The van der Waals surface area contributed by atoms with Gasteiger partial charge in [0.05, 0.1) is 24.4 Å². The number of unbranched alkanes of at least 4 members (excludes halogenated alkanes) is 28. The Labute approximate surface area is 351 Å². The van der Waals surface area contributed by atoms with E-state index in [1.165, 1.54) is 180 Å². The molecule has 56 heavy (non-hydrogen) atoms. The van der Waals surface area contributed by atoms with Crippen molar-refractivity contribution in [1.82, 2.24) is 9.80 Å². The van der Waals surface area contributed by atoms with Crippen LogP contribution in [0.4, 0.5) is 0 Å². The first-order valence-corrected chi connectivity index (χ1v) is 25.5. The molecule has 0 rings (SSSR count). The van der Waals surface area contributed by atoms with Gasteiger partial charge in [-0.2, -0.15) is 0 Å². The van der Waals surface area contributed by atoms with Crippen LogP contribution in [0.3, 0.4) is 0 Å². The highest BCUT2D eigenvalue weighted by Gasteiger charge is 2.20. The van der Waals surface area contributed by atoms with Crippen LogP contribution in [0.5, 0.6) is 0 Å². The van der Waals surface area contributed by atoms with Gasteiger partial charge in [0, 0.05) is 39.3 Å². The van der Waals surface area contributed by atoms with Gasteiger partial charge in [0.25, 0.3) is 0 Å². The first-order chi connectivity index (χ1) is 27.4. The Kier molecular flexibility index (Phi) is 44.1. The molecule has 0 saturated heterocycles. The molecular formula is C50H104N2O4. The van der Waals surface area contributed by atoms with E-state index < -0.39 is 0 Å². The first kappa shape index (κ1) is 55.8. The average molecular weight is 797 g/mol. The zero-order chi connectivity index (χ0) is 41.2. The van der Waals surface area contributed by atoms with Crippen LogP contribution in [-0.4, -0.2) is 93.9 Å². The minimum atomic E-state index is -0.390. The van der Waals surface area contributed by atoms with Crippen LogP contribution in [0.1, 0.15) is 259 Å². The van der Waals surface area contributed by atoms with E-state index in [1.807, 2.05) is 0 Å². The molecule has 0 heterocycles. The smallest absolute Gasteiger partial charge is 0.0667 e. The van der Waals surface area contributed by atoms with Gasteiger partial charge in [-0.15, -0.1) is 0 Å². The van der Waals surface area contributed by atoms with E-state index in [9.17, 15) is 20.4 Å². The van der Waals surface area contributed by atoms with Gasteiger partial charge < -0.3 is 20.4 Å². The van der Waals surface area contributed by atoms with Crippen molar-refractivity contribution in [2.24, 2.45) is 0 Å². The molecule has 0 aromatic carbocycles. The summed E-state index contributed by atoms with van der Waals surface area (Å²) >= 11 is 0. The van der Waals surface area contributed by atoms with Crippen LogP contribution in [0.25, 0.3) is 0 Å². The SMILES string of the molecule is CCCCCCCCCCC(O)CN(CCN(CC(O)CCCCCCCCCC)CC(O)CCCCCCCCCC)CC(O)CCCCCCCCCC. The summed E-state index contributed by atoms with van der Waals surface area (Å²) in [5.41, 5.74) is 0. The molecule has 0 fully saturated rings. The second-order valence-corrected chi connectivity index (χ2v) is 18.2. The molecule has 0 saturated carbocycles. The van der Waals surface area contributed by atoms with Gasteiger partial charge in [-0.1, -0.05) is 233 Å². The van der Waals surface area contributed by atoms with E-state index >= 15 is 0 Å². The molecule has 6 heteroatoms. The molecule has 0 bridgehead atoms. The third-order valence-corrected chi connectivity index (χ3v) is 12.2. The molecule has 0 aromatic rings. The Morgan fingerprint density at radius 2 is 0.411 bits per heavy atom.